The van der Waals surface area contributed by atoms with Crippen LogP contribution < -0.4 is 0 Å². The van der Waals surface area contributed by atoms with Gasteiger partial charge in [-0.15, -0.1) is 0 Å². The Morgan fingerprint density at radius 1 is 1.33 bits per heavy atom. The maximum absolute atomic E-state index is 12.2. The first-order valence-electron chi connectivity index (χ1n) is 4.55. The van der Waals surface area contributed by atoms with Crippen molar-refractivity contribution < 1.29 is 28.3 Å². The Hall–Kier alpha value is -0.420. The highest BCUT2D eigenvalue weighted by atomic mass is 31.2. The number of rotatable bonds is 7. The second-order valence-electron chi connectivity index (χ2n) is 2.83. The first-order chi connectivity index (χ1) is 6.88. The molecule has 0 fully saturated rings. The molecule has 0 aliphatic rings. The van der Waals surface area contributed by atoms with E-state index in [1.54, 1.807) is 13.8 Å². The third-order valence-electron chi connectivity index (χ3n) is 1.92. The molecule has 7 heteroatoms. The Labute approximate surface area is 89.1 Å². The molecule has 0 saturated heterocycles. The number of methoxy groups -OCH3 is 1. The van der Waals surface area contributed by atoms with Crippen LogP contribution in [0.4, 0.5) is 0 Å². The maximum atomic E-state index is 12.2. The molecule has 90 valence electrons. The molecule has 0 heterocycles. The summed E-state index contributed by atoms with van der Waals surface area (Å²) in [6.45, 7) is 4.54. The summed E-state index contributed by atoms with van der Waals surface area (Å²) < 4.78 is 26.7. The van der Waals surface area contributed by atoms with Crippen LogP contribution in [0.15, 0.2) is 0 Å². The average molecular weight is 240 g/mol. The molecule has 0 aliphatic carbocycles. The van der Waals surface area contributed by atoms with E-state index in [0.717, 1.165) is 7.11 Å². The molecule has 0 aromatic carbocycles. The van der Waals surface area contributed by atoms with E-state index in [-0.39, 0.29) is 13.2 Å². The van der Waals surface area contributed by atoms with Crippen LogP contribution in [0, 0.1) is 0 Å². The molecule has 1 N–H and O–H groups in total. The Bertz CT molecular complexity index is 256. The van der Waals surface area contributed by atoms with Gasteiger partial charge in [-0.25, -0.2) is 4.79 Å². The Morgan fingerprint density at radius 2 is 1.73 bits per heavy atom. The number of carboxylic acid groups (broad SMARTS) is 1. The summed E-state index contributed by atoms with van der Waals surface area (Å²) in [5, 5.41) is 6.99. The van der Waals surface area contributed by atoms with Gasteiger partial charge in [0, 0.05) is 7.11 Å². The van der Waals surface area contributed by atoms with Crippen molar-refractivity contribution in [3.8, 4) is 0 Å². The van der Waals surface area contributed by atoms with Crippen molar-refractivity contribution in [1.29, 1.82) is 0 Å². The Kier molecular flexibility index (Phi) is 5.45. The zero-order valence-corrected chi connectivity index (χ0v) is 10.2. The SMILES string of the molecule is CCOP(=O)(OCC)C(C)(OC)C(=O)O. The summed E-state index contributed by atoms with van der Waals surface area (Å²) in [7, 11) is -2.67. The van der Waals surface area contributed by atoms with E-state index < -0.39 is 18.9 Å². The fraction of sp³-hybridized carbons (Fsp3) is 0.875. The van der Waals surface area contributed by atoms with Gasteiger partial charge in [0.05, 0.1) is 13.2 Å². The molecule has 0 aliphatic heterocycles. The minimum Gasteiger partial charge on any atom is -0.479 e. The summed E-state index contributed by atoms with van der Waals surface area (Å²) in [4.78, 5) is 11.0. The van der Waals surface area contributed by atoms with Gasteiger partial charge in [0.15, 0.2) is 0 Å². The van der Waals surface area contributed by atoms with Gasteiger partial charge in [-0.2, -0.15) is 0 Å². The Balaban J connectivity index is 5.19. The third-order valence-corrected chi connectivity index (χ3v) is 4.53. The zero-order valence-electron chi connectivity index (χ0n) is 9.35. The molecule has 0 radical (unpaired) electrons. The molecule has 1 unspecified atom stereocenters. The van der Waals surface area contributed by atoms with Crippen LogP contribution in [0.3, 0.4) is 0 Å². The summed E-state index contributed by atoms with van der Waals surface area (Å²) in [5.74, 6) is -1.38. The van der Waals surface area contributed by atoms with Crippen LogP contribution in [0.1, 0.15) is 20.8 Å². The maximum Gasteiger partial charge on any atom is 0.373 e. The van der Waals surface area contributed by atoms with Crippen LogP contribution in [-0.2, 0) is 23.1 Å². The number of ether oxygens (including phenoxy) is 1. The van der Waals surface area contributed by atoms with Crippen molar-refractivity contribution in [2.24, 2.45) is 0 Å². The van der Waals surface area contributed by atoms with E-state index in [1.807, 2.05) is 0 Å². The minimum absolute atomic E-state index is 0.0868. The van der Waals surface area contributed by atoms with Crippen molar-refractivity contribution in [1.82, 2.24) is 0 Å². The molecular weight excluding hydrogens is 223 g/mol. The van der Waals surface area contributed by atoms with Crippen LogP contribution in [-0.4, -0.2) is 36.7 Å². The van der Waals surface area contributed by atoms with Crippen LogP contribution >= 0.6 is 7.60 Å². The van der Waals surface area contributed by atoms with Crippen molar-refractivity contribution in [3.05, 3.63) is 0 Å². The van der Waals surface area contributed by atoms with Gasteiger partial charge in [0.2, 0.25) is 0 Å². The first kappa shape index (κ1) is 14.6. The van der Waals surface area contributed by atoms with Crippen LogP contribution in [0.5, 0.6) is 0 Å². The largest absolute Gasteiger partial charge is 0.479 e. The quantitative estimate of drug-likeness (QED) is 0.682. The highest BCUT2D eigenvalue weighted by molar-refractivity contribution is 7.56. The van der Waals surface area contributed by atoms with E-state index in [9.17, 15) is 9.36 Å². The van der Waals surface area contributed by atoms with Gasteiger partial charge in [-0.05, 0) is 20.8 Å². The van der Waals surface area contributed by atoms with Crippen molar-refractivity contribution >= 4 is 13.6 Å². The molecule has 0 rings (SSSR count). The summed E-state index contributed by atoms with van der Waals surface area (Å²) in [6.07, 6.45) is 0. The predicted molar refractivity (Wildman–Crippen MR) is 53.9 cm³/mol. The highest BCUT2D eigenvalue weighted by Gasteiger charge is 2.54. The molecule has 15 heavy (non-hydrogen) atoms. The lowest BCUT2D eigenvalue weighted by molar-refractivity contribution is -0.153. The fourth-order valence-corrected chi connectivity index (χ4v) is 2.64. The number of aliphatic carboxylic acids is 1. The van der Waals surface area contributed by atoms with E-state index in [4.69, 9.17) is 18.9 Å². The molecule has 0 amide bonds. The molecule has 0 aromatic rings. The third kappa shape index (κ3) is 2.78. The minimum atomic E-state index is -3.82. The summed E-state index contributed by atoms with van der Waals surface area (Å²) in [5.41, 5.74) is 0. The van der Waals surface area contributed by atoms with E-state index in [0.29, 0.717) is 0 Å². The van der Waals surface area contributed by atoms with Gasteiger partial charge in [0.1, 0.15) is 0 Å². The summed E-state index contributed by atoms with van der Waals surface area (Å²) in [6, 6.07) is 0. The summed E-state index contributed by atoms with van der Waals surface area (Å²) >= 11 is 0. The zero-order chi connectivity index (χ0) is 12.1. The molecule has 0 bridgehead atoms. The van der Waals surface area contributed by atoms with Crippen LogP contribution in [0.25, 0.3) is 0 Å². The molecule has 0 saturated carbocycles. The van der Waals surface area contributed by atoms with Gasteiger partial charge in [-0.1, -0.05) is 0 Å². The molecule has 6 nitrogen and oxygen atoms in total. The van der Waals surface area contributed by atoms with E-state index in [1.165, 1.54) is 6.92 Å². The second kappa shape index (κ2) is 5.61. The monoisotopic (exact) mass is 240 g/mol. The smallest absolute Gasteiger partial charge is 0.373 e. The lowest BCUT2D eigenvalue weighted by atomic mass is 10.4. The highest BCUT2D eigenvalue weighted by Crippen LogP contribution is 2.60. The molecule has 0 aromatic heterocycles. The fourth-order valence-electron chi connectivity index (χ4n) is 0.940. The van der Waals surface area contributed by atoms with Crippen molar-refractivity contribution in [3.63, 3.8) is 0 Å². The van der Waals surface area contributed by atoms with Crippen LogP contribution in [0.2, 0.25) is 0 Å². The molecule has 1 atom stereocenters. The molecule has 0 spiro atoms. The standard InChI is InChI=1S/C8H17O6P/c1-5-13-15(11,14-6-2)8(3,12-4)7(9)10/h5-6H2,1-4H3,(H,9,10). The van der Waals surface area contributed by atoms with E-state index in [2.05, 4.69) is 0 Å². The van der Waals surface area contributed by atoms with Gasteiger partial charge < -0.3 is 18.9 Å². The van der Waals surface area contributed by atoms with Crippen molar-refractivity contribution in [2.75, 3.05) is 20.3 Å². The molecular formula is C8H17O6P. The van der Waals surface area contributed by atoms with Gasteiger partial charge >= 0.3 is 13.6 Å². The van der Waals surface area contributed by atoms with Gasteiger partial charge in [-0.3, -0.25) is 4.57 Å². The average Bonchev–Trinajstić information content (AvgIpc) is 2.16. The lowest BCUT2D eigenvalue weighted by Crippen LogP contribution is -2.38. The topological polar surface area (TPSA) is 82.1 Å². The Morgan fingerprint density at radius 3 is 1.93 bits per heavy atom. The lowest BCUT2D eigenvalue weighted by Gasteiger charge is -2.30. The second-order valence-corrected chi connectivity index (χ2v) is 5.19. The van der Waals surface area contributed by atoms with Gasteiger partial charge in [0.25, 0.3) is 5.34 Å². The van der Waals surface area contributed by atoms with E-state index >= 15 is 0 Å². The number of hydrogen-bond donors (Lipinski definition) is 1. The normalized spacial score (nSPS) is 16.0. The number of carbonyl (C=O) groups is 1. The first-order valence-corrected chi connectivity index (χ1v) is 6.10. The van der Waals surface area contributed by atoms with Crippen molar-refractivity contribution in [2.45, 2.75) is 26.1 Å². The predicted octanol–water partition coefficient (Wildman–Crippen LogP) is 1.70. The number of hydrogen-bond acceptors (Lipinski definition) is 5. The number of carboxylic acids is 1.